The van der Waals surface area contributed by atoms with Crippen molar-refractivity contribution in [1.82, 2.24) is 9.29 Å². The van der Waals surface area contributed by atoms with Gasteiger partial charge in [0, 0.05) is 25.0 Å². The van der Waals surface area contributed by atoms with Crippen LogP contribution in [0.3, 0.4) is 0 Å². The van der Waals surface area contributed by atoms with E-state index < -0.39 is 10.0 Å². The van der Waals surface area contributed by atoms with Crippen LogP contribution in [-0.2, 0) is 14.8 Å². The summed E-state index contributed by atoms with van der Waals surface area (Å²) < 4.78 is 27.4. The highest BCUT2D eigenvalue weighted by Crippen LogP contribution is 2.27. The molecule has 1 aliphatic rings. The second-order valence-corrected chi connectivity index (χ2v) is 10.2. The molecule has 1 aromatic heterocycles. The molecule has 0 aliphatic carbocycles. The minimum absolute atomic E-state index is 0.162. The minimum atomic E-state index is -3.51. The lowest BCUT2D eigenvalue weighted by Crippen LogP contribution is -2.42. The predicted molar refractivity (Wildman–Crippen MR) is 112 cm³/mol. The number of sulfonamides is 1. The van der Waals surface area contributed by atoms with Crippen molar-refractivity contribution in [2.75, 3.05) is 24.2 Å². The van der Waals surface area contributed by atoms with E-state index >= 15 is 0 Å². The number of nitrogens with one attached hydrogen (secondary N) is 1. The van der Waals surface area contributed by atoms with Crippen molar-refractivity contribution in [2.24, 2.45) is 11.8 Å². The zero-order chi connectivity index (χ0) is 20.1. The maximum atomic E-state index is 12.9. The molecule has 1 amide bonds. The Bertz CT molecular complexity index is 892. The number of carbonyl (C=O) groups excluding carboxylic acids is 1. The molecule has 1 aromatic carbocycles. The highest BCUT2D eigenvalue weighted by Gasteiger charge is 2.31. The Balaban J connectivity index is 1.60. The van der Waals surface area contributed by atoms with Crippen LogP contribution in [0.25, 0.3) is 0 Å². The molecule has 3 rings (SSSR count). The van der Waals surface area contributed by atoms with E-state index in [-0.39, 0.29) is 16.6 Å². The van der Waals surface area contributed by atoms with Crippen molar-refractivity contribution in [3.8, 4) is 0 Å². The minimum Gasteiger partial charge on any atom is -0.325 e. The van der Waals surface area contributed by atoms with Gasteiger partial charge in [0.15, 0.2) is 0 Å². The van der Waals surface area contributed by atoms with E-state index in [0.717, 1.165) is 11.4 Å². The zero-order valence-electron chi connectivity index (χ0n) is 16.0. The van der Waals surface area contributed by atoms with Crippen molar-refractivity contribution in [2.45, 2.75) is 30.2 Å². The highest BCUT2D eigenvalue weighted by atomic mass is 32.2. The molecular formula is C20H25N3O3S2. The average Bonchev–Trinajstić information content (AvgIpc) is 2.67. The van der Waals surface area contributed by atoms with Crippen molar-refractivity contribution >= 4 is 33.4 Å². The van der Waals surface area contributed by atoms with Crippen LogP contribution in [0.15, 0.2) is 58.6 Å². The Labute approximate surface area is 170 Å². The van der Waals surface area contributed by atoms with Gasteiger partial charge in [0.2, 0.25) is 15.9 Å². The lowest BCUT2D eigenvalue weighted by atomic mass is 9.94. The maximum absolute atomic E-state index is 12.9. The molecule has 8 heteroatoms. The second kappa shape index (κ2) is 9.07. The van der Waals surface area contributed by atoms with Gasteiger partial charge >= 0.3 is 0 Å². The van der Waals surface area contributed by atoms with Crippen LogP contribution in [0.1, 0.15) is 20.3 Å². The number of rotatable bonds is 6. The number of carbonyl (C=O) groups is 1. The number of hydrogen-bond acceptors (Lipinski definition) is 5. The molecular weight excluding hydrogens is 394 g/mol. The van der Waals surface area contributed by atoms with Crippen LogP contribution in [0.5, 0.6) is 0 Å². The van der Waals surface area contributed by atoms with Gasteiger partial charge in [-0.25, -0.2) is 13.4 Å². The fraction of sp³-hybridized carbons (Fsp3) is 0.400. The van der Waals surface area contributed by atoms with Crippen molar-refractivity contribution in [1.29, 1.82) is 0 Å². The molecule has 2 aromatic rings. The third kappa shape index (κ3) is 5.33. The number of amides is 1. The smallest absolute Gasteiger partial charge is 0.243 e. The van der Waals surface area contributed by atoms with E-state index in [0.29, 0.717) is 30.6 Å². The Hall–Kier alpha value is -1.90. The van der Waals surface area contributed by atoms with Gasteiger partial charge in [-0.3, -0.25) is 4.79 Å². The van der Waals surface area contributed by atoms with Gasteiger partial charge in [-0.2, -0.15) is 4.31 Å². The summed E-state index contributed by atoms with van der Waals surface area (Å²) in [5.41, 5.74) is 0.575. The summed E-state index contributed by atoms with van der Waals surface area (Å²) in [4.78, 5) is 16.5. The summed E-state index contributed by atoms with van der Waals surface area (Å²) in [7, 11) is -3.51. The third-order valence-corrected chi connectivity index (χ3v) is 7.39. The normalized spacial score (nSPS) is 20.6. The lowest BCUT2D eigenvalue weighted by molar-refractivity contribution is -0.113. The number of hydrogen-bond donors (Lipinski definition) is 1. The first-order chi connectivity index (χ1) is 13.3. The maximum Gasteiger partial charge on any atom is 0.243 e. The molecule has 28 heavy (non-hydrogen) atoms. The molecule has 2 unspecified atom stereocenters. The lowest BCUT2D eigenvalue weighted by Gasteiger charge is -2.34. The Morgan fingerprint density at radius 3 is 2.43 bits per heavy atom. The summed E-state index contributed by atoms with van der Waals surface area (Å²) in [6.07, 6.45) is 2.73. The van der Waals surface area contributed by atoms with Crippen LogP contribution in [0.2, 0.25) is 0 Å². The first kappa shape index (κ1) is 20.8. The van der Waals surface area contributed by atoms with Crippen LogP contribution < -0.4 is 5.32 Å². The molecule has 150 valence electrons. The van der Waals surface area contributed by atoms with Gasteiger partial charge in [-0.15, -0.1) is 0 Å². The summed E-state index contributed by atoms with van der Waals surface area (Å²) in [5, 5.41) is 3.57. The van der Waals surface area contributed by atoms with E-state index in [2.05, 4.69) is 24.1 Å². The number of thioether (sulfide) groups is 1. The Morgan fingerprint density at radius 2 is 1.82 bits per heavy atom. The van der Waals surface area contributed by atoms with Crippen LogP contribution >= 0.6 is 11.8 Å². The van der Waals surface area contributed by atoms with Crippen molar-refractivity contribution < 1.29 is 13.2 Å². The average molecular weight is 420 g/mol. The van der Waals surface area contributed by atoms with Crippen molar-refractivity contribution in [3.05, 3.63) is 48.7 Å². The first-order valence-electron chi connectivity index (χ1n) is 9.28. The number of piperidine rings is 1. The topological polar surface area (TPSA) is 79.4 Å². The molecule has 0 saturated carbocycles. The highest BCUT2D eigenvalue weighted by molar-refractivity contribution is 7.99. The molecule has 0 radical (unpaired) electrons. The van der Waals surface area contributed by atoms with E-state index in [1.54, 1.807) is 34.8 Å². The molecule has 6 nitrogen and oxygen atoms in total. The van der Waals surface area contributed by atoms with Crippen LogP contribution in [-0.4, -0.2) is 42.5 Å². The number of nitrogens with zero attached hydrogens (tertiary/aromatic N) is 2. The monoisotopic (exact) mass is 419 g/mol. The summed E-state index contributed by atoms with van der Waals surface area (Å²) in [5.74, 6) is 0.785. The molecule has 2 atom stereocenters. The number of aromatic nitrogens is 1. The molecule has 0 bridgehead atoms. The molecule has 2 heterocycles. The van der Waals surface area contributed by atoms with Gasteiger partial charge in [0.05, 0.1) is 15.7 Å². The fourth-order valence-corrected chi connectivity index (χ4v) is 5.77. The van der Waals surface area contributed by atoms with Gasteiger partial charge in [0.1, 0.15) is 0 Å². The number of benzene rings is 1. The van der Waals surface area contributed by atoms with Crippen LogP contribution in [0.4, 0.5) is 5.69 Å². The summed E-state index contributed by atoms with van der Waals surface area (Å²) >= 11 is 1.35. The number of anilines is 1. The SMILES string of the molecule is CC1CC(C)CN(S(=O)(=O)c2ccc(NC(=O)CSc3ccccn3)cc2)C1. The van der Waals surface area contributed by atoms with E-state index in [9.17, 15) is 13.2 Å². The molecule has 1 saturated heterocycles. The molecule has 1 aliphatic heterocycles. The number of pyridine rings is 1. The van der Waals surface area contributed by atoms with Gasteiger partial charge in [-0.1, -0.05) is 31.7 Å². The van der Waals surface area contributed by atoms with Gasteiger partial charge in [0.25, 0.3) is 0 Å². The summed E-state index contributed by atoms with van der Waals surface area (Å²) in [6, 6.07) is 11.9. The van der Waals surface area contributed by atoms with E-state index in [4.69, 9.17) is 0 Å². The molecule has 1 N–H and O–H groups in total. The molecule has 0 spiro atoms. The van der Waals surface area contributed by atoms with E-state index in [1.807, 2.05) is 18.2 Å². The standard InChI is InChI=1S/C20H25N3O3S2/c1-15-11-16(2)13-23(12-15)28(25,26)18-8-6-17(7-9-18)22-19(24)14-27-20-5-3-4-10-21-20/h3-10,15-16H,11-14H2,1-2H3,(H,22,24). The summed E-state index contributed by atoms with van der Waals surface area (Å²) in [6.45, 7) is 5.27. The van der Waals surface area contributed by atoms with Crippen molar-refractivity contribution in [3.63, 3.8) is 0 Å². The van der Waals surface area contributed by atoms with Gasteiger partial charge in [-0.05, 0) is 54.7 Å². The predicted octanol–water partition coefficient (Wildman–Crippen LogP) is 3.48. The van der Waals surface area contributed by atoms with E-state index in [1.165, 1.54) is 11.8 Å². The van der Waals surface area contributed by atoms with Crippen LogP contribution in [0, 0.1) is 11.8 Å². The zero-order valence-corrected chi connectivity index (χ0v) is 17.7. The third-order valence-electron chi connectivity index (χ3n) is 4.60. The Kier molecular flexibility index (Phi) is 6.74. The fourth-order valence-electron chi connectivity index (χ4n) is 3.43. The second-order valence-electron chi connectivity index (χ2n) is 7.30. The quantitative estimate of drug-likeness (QED) is 0.725. The first-order valence-corrected chi connectivity index (χ1v) is 11.7. The van der Waals surface area contributed by atoms with Gasteiger partial charge < -0.3 is 5.32 Å². The Morgan fingerprint density at radius 1 is 1.14 bits per heavy atom. The largest absolute Gasteiger partial charge is 0.325 e. The molecule has 1 fully saturated rings.